The highest BCUT2D eigenvalue weighted by atomic mass is 32.2. The first-order valence-electron chi connectivity index (χ1n) is 8.57. The van der Waals surface area contributed by atoms with Gasteiger partial charge < -0.3 is 9.88 Å². The van der Waals surface area contributed by atoms with Crippen molar-refractivity contribution in [2.24, 2.45) is 0 Å². The van der Waals surface area contributed by atoms with E-state index in [0.717, 1.165) is 11.4 Å². The molecule has 1 amide bonds. The van der Waals surface area contributed by atoms with Crippen LogP contribution in [0.3, 0.4) is 0 Å². The SMILES string of the molecule is CCn1c(S[C@H](C)C(=O)Nc2ccc(C)c(F)c2)nnc1-c1ccncc1. The number of aryl methyl sites for hydroxylation is 1. The third-order valence-corrected chi connectivity index (χ3v) is 5.14. The molecule has 0 spiro atoms. The molecule has 1 aromatic carbocycles. The Morgan fingerprint density at radius 3 is 2.67 bits per heavy atom. The maximum atomic E-state index is 13.7. The number of hydrogen-bond donors (Lipinski definition) is 1. The van der Waals surface area contributed by atoms with E-state index in [1.165, 1.54) is 17.8 Å². The molecule has 6 nitrogen and oxygen atoms in total. The van der Waals surface area contributed by atoms with Gasteiger partial charge in [0.25, 0.3) is 0 Å². The number of carbonyl (C=O) groups excluding carboxylic acids is 1. The molecule has 0 fully saturated rings. The van der Waals surface area contributed by atoms with Crippen molar-refractivity contribution in [1.82, 2.24) is 19.7 Å². The van der Waals surface area contributed by atoms with Gasteiger partial charge in [0, 0.05) is 30.2 Å². The molecule has 0 radical (unpaired) electrons. The first kappa shape index (κ1) is 19.0. The molecule has 27 heavy (non-hydrogen) atoms. The number of halogens is 1. The molecule has 0 unspecified atom stereocenters. The fraction of sp³-hybridized carbons (Fsp3) is 0.263. The lowest BCUT2D eigenvalue weighted by atomic mass is 10.2. The van der Waals surface area contributed by atoms with E-state index in [0.29, 0.717) is 23.0 Å². The number of pyridine rings is 1. The summed E-state index contributed by atoms with van der Waals surface area (Å²) in [5.41, 5.74) is 1.89. The topological polar surface area (TPSA) is 72.7 Å². The number of aromatic nitrogens is 4. The van der Waals surface area contributed by atoms with Crippen molar-refractivity contribution in [2.45, 2.75) is 37.7 Å². The summed E-state index contributed by atoms with van der Waals surface area (Å²) in [6.07, 6.45) is 3.40. The van der Waals surface area contributed by atoms with E-state index < -0.39 is 5.25 Å². The van der Waals surface area contributed by atoms with Gasteiger partial charge in [-0.05, 0) is 50.6 Å². The van der Waals surface area contributed by atoms with Gasteiger partial charge in [-0.3, -0.25) is 9.78 Å². The predicted molar refractivity (Wildman–Crippen MR) is 104 cm³/mol. The van der Waals surface area contributed by atoms with E-state index in [4.69, 9.17) is 0 Å². The molecule has 1 atom stereocenters. The monoisotopic (exact) mass is 385 g/mol. The maximum Gasteiger partial charge on any atom is 0.237 e. The Labute approximate surface area is 161 Å². The molecule has 1 N–H and O–H groups in total. The van der Waals surface area contributed by atoms with E-state index in [-0.39, 0.29) is 11.7 Å². The zero-order valence-electron chi connectivity index (χ0n) is 15.3. The summed E-state index contributed by atoms with van der Waals surface area (Å²) in [6, 6.07) is 8.38. The smallest absolute Gasteiger partial charge is 0.237 e. The number of nitrogens with zero attached hydrogens (tertiary/aromatic N) is 4. The summed E-state index contributed by atoms with van der Waals surface area (Å²) < 4.78 is 15.6. The molecular formula is C19H20FN5OS. The summed E-state index contributed by atoms with van der Waals surface area (Å²) in [7, 11) is 0. The van der Waals surface area contributed by atoms with Gasteiger partial charge in [0.15, 0.2) is 11.0 Å². The van der Waals surface area contributed by atoms with Crippen LogP contribution in [0, 0.1) is 12.7 Å². The molecule has 0 saturated heterocycles. The van der Waals surface area contributed by atoms with Gasteiger partial charge in [-0.2, -0.15) is 0 Å². The van der Waals surface area contributed by atoms with Crippen LogP contribution in [0.15, 0.2) is 47.9 Å². The average molecular weight is 385 g/mol. The summed E-state index contributed by atoms with van der Waals surface area (Å²) in [5.74, 6) is 0.163. The third kappa shape index (κ3) is 4.33. The van der Waals surface area contributed by atoms with E-state index in [2.05, 4.69) is 20.5 Å². The van der Waals surface area contributed by atoms with Crippen molar-refractivity contribution in [3.8, 4) is 11.4 Å². The number of rotatable bonds is 6. The van der Waals surface area contributed by atoms with Gasteiger partial charge in [-0.25, -0.2) is 4.39 Å². The molecule has 0 aliphatic carbocycles. The van der Waals surface area contributed by atoms with Crippen molar-refractivity contribution >= 4 is 23.4 Å². The summed E-state index contributed by atoms with van der Waals surface area (Å²) in [4.78, 5) is 16.5. The Bertz CT molecular complexity index is 945. The van der Waals surface area contributed by atoms with Crippen molar-refractivity contribution in [1.29, 1.82) is 0 Å². The summed E-state index contributed by atoms with van der Waals surface area (Å²) >= 11 is 1.31. The summed E-state index contributed by atoms with van der Waals surface area (Å²) in [5, 5.41) is 11.5. The molecule has 3 aromatic rings. The number of carbonyl (C=O) groups is 1. The lowest BCUT2D eigenvalue weighted by Crippen LogP contribution is -2.23. The highest BCUT2D eigenvalue weighted by molar-refractivity contribution is 8.00. The van der Waals surface area contributed by atoms with Crippen LogP contribution in [0.2, 0.25) is 0 Å². The number of benzene rings is 1. The number of amides is 1. The quantitative estimate of drug-likeness (QED) is 0.651. The second-order valence-corrected chi connectivity index (χ2v) is 7.31. The van der Waals surface area contributed by atoms with E-state index >= 15 is 0 Å². The van der Waals surface area contributed by atoms with Gasteiger partial charge in [-0.15, -0.1) is 10.2 Å². The van der Waals surface area contributed by atoms with E-state index in [1.807, 2.05) is 23.6 Å². The number of hydrogen-bond acceptors (Lipinski definition) is 5. The van der Waals surface area contributed by atoms with Gasteiger partial charge >= 0.3 is 0 Å². The van der Waals surface area contributed by atoms with Crippen LogP contribution in [0.1, 0.15) is 19.4 Å². The van der Waals surface area contributed by atoms with E-state index in [1.54, 1.807) is 38.4 Å². The minimum absolute atomic E-state index is 0.223. The molecule has 2 heterocycles. The van der Waals surface area contributed by atoms with Gasteiger partial charge in [-0.1, -0.05) is 17.8 Å². The Hall–Kier alpha value is -2.74. The molecule has 0 aliphatic heterocycles. The Balaban J connectivity index is 1.73. The fourth-order valence-electron chi connectivity index (χ4n) is 2.50. The lowest BCUT2D eigenvalue weighted by molar-refractivity contribution is -0.115. The number of nitrogens with one attached hydrogen (secondary N) is 1. The average Bonchev–Trinajstić information content (AvgIpc) is 3.08. The second-order valence-electron chi connectivity index (χ2n) is 6.00. The molecule has 8 heteroatoms. The maximum absolute atomic E-state index is 13.7. The first-order chi connectivity index (χ1) is 13.0. The molecule has 0 aliphatic rings. The molecule has 2 aromatic heterocycles. The number of thioether (sulfide) groups is 1. The molecular weight excluding hydrogens is 365 g/mol. The molecule has 0 saturated carbocycles. The largest absolute Gasteiger partial charge is 0.325 e. The second kappa shape index (κ2) is 8.30. The van der Waals surface area contributed by atoms with Crippen molar-refractivity contribution in [3.05, 3.63) is 54.1 Å². The van der Waals surface area contributed by atoms with Crippen LogP contribution in [-0.2, 0) is 11.3 Å². The van der Waals surface area contributed by atoms with Crippen LogP contribution in [0.4, 0.5) is 10.1 Å². The third-order valence-electron chi connectivity index (χ3n) is 4.06. The highest BCUT2D eigenvalue weighted by Crippen LogP contribution is 2.27. The molecule has 3 rings (SSSR count). The fourth-order valence-corrected chi connectivity index (χ4v) is 3.41. The van der Waals surface area contributed by atoms with Crippen LogP contribution >= 0.6 is 11.8 Å². The zero-order valence-corrected chi connectivity index (χ0v) is 16.1. The normalized spacial score (nSPS) is 12.0. The molecule has 0 bridgehead atoms. The highest BCUT2D eigenvalue weighted by Gasteiger charge is 2.20. The number of anilines is 1. The van der Waals surface area contributed by atoms with Crippen LogP contribution in [-0.4, -0.2) is 30.9 Å². The van der Waals surface area contributed by atoms with Gasteiger partial charge in [0.05, 0.1) is 5.25 Å². The van der Waals surface area contributed by atoms with Crippen LogP contribution < -0.4 is 5.32 Å². The predicted octanol–water partition coefficient (Wildman–Crippen LogP) is 3.93. The van der Waals surface area contributed by atoms with E-state index in [9.17, 15) is 9.18 Å². The van der Waals surface area contributed by atoms with Crippen LogP contribution in [0.25, 0.3) is 11.4 Å². The zero-order chi connectivity index (χ0) is 19.4. The first-order valence-corrected chi connectivity index (χ1v) is 9.44. The van der Waals surface area contributed by atoms with Gasteiger partial charge in [0.1, 0.15) is 5.82 Å². The minimum atomic E-state index is -0.422. The standard InChI is InChI=1S/C19H20FN5OS/c1-4-25-17(14-7-9-21-10-8-14)23-24-19(25)27-13(3)18(26)22-15-6-5-12(2)16(20)11-15/h5-11,13H,4H2,1-3H3,(H,22,26)/t13-/m1/s1. The summed E-state index contributed by atoms with van der Waals surface area (Å²) in [6.45, 7) is 6.13. The Morgan fingerprint density at radius 1 is 1.26 bits per heavy atom. The minimum Gasteiger partial charge on any atom is -0.325 e. The van der Waals surface area contributed by atoms with Crippen molar-refractivity contribution in [2.75, 3.05) is 5.32 Å². The van der Waals surface area contributed by atoms with Gasteiger partial charge in [0.2, 0.25) is 5.91 Å². The van der Waals surface area contributed by atoms with Crippen LogP contribution in [0.5, 0.6) is 0 Å². The van der Waals surface area contributed by atoms with Crippen molar-refractivity contribution in [3.63, 3.8) is 0 Å². The Morgan fingerprint density at radius 2 is 2.00 bits per heavy atom. The van der Waals surface area contributed by atoms with Crippen molar-refractivity contribution < 1.29 is 9.18 Å². The lowest BCUT2D eigenvalue weighted by Gasteiger charge is -2.13. The Kier molecular flexibility index (Phi) is 5.85. The molecule has 140 valence electrons.